The molecule has 2 nitrogen and oxygen atoms in total. The van der Waals surface area contributed by atoms with E-state index in [0.717, 1.165) is 22.9 Å². The zero-order valence-corrected chi connectivity index (χ0v) is 14.5. The van der Waals surface area contributed by atoms with E-state index in [0.29, 0.717) is 0 Å². The maximum Gasteiger partial charge on any atom is 0.257 e. The lowest BCUT2D eigenvalue weighted by Crippen LogP contribution is -2.16. The molecule has 23 heavy (non-hydrogen) atoms. The van der Waals surface area contributed by atoms with Gasteiger partial charge in [0, 0.05) is 5.69 Å². The molecule has 0 aliphatic rings. The second kappa shape index (κ2) is 7.14. The van der Waals surface area contributed by atoms with Crippen LogP contribution < -0.4 is 5.32 Å². The molecule has 0 saturated carbocycles. The first-order valence-corrected chi connectivity index (χ1v) is 8.08. The van der Waals surface area contributed by atoms with Crippen LogP contribution >= 0.6 is 11.6 Å². The van der Waals surface area contributed by atoms with Gasteiger partial charge in [-0.25, -0.2) is 4.39 Å². The van der Waals surface area contributed by atoms with Crippen molar-refractivity contribution in [3.8, 4) is 0 Å². The van der Waals surface area contributed by atoms with E-state index in [1.807, 2.05) is 18.2 Å². The van der Waals surface area contributed by atoms with Gasteiger partial charge in [-0.2, -0.15) is 0 Å². The van der Waals surface area contributed by atoms with Crippen molar-refractivity contribution in [2.75, 3.05) is 5.32 Å². The lowest BCUT2D eigenvalue weighted by molar-refractivity contribution is 0.102. The minimum atomic E-state index is -0.461. The molecule has 0 spiro atoms. The van der Waals surface area contributed by atoms with Crippen LogP contribution in [0.25, 0.3) is 0 Å². The topological polar surface area (TPSA) is 29.1 Å². The summed E-state index contributed by atoms with van der Waals surface area (Å²) in [6.07, 6.45) is 0. The Morgan fingerprint density at radius 3 is 2.09 bits per heavy atom. The summed E-state index contributed by atoms with van der Waals surface area (Å²) < 4.78 is 13.2. The number of nitrogens with one attached hydrogen (secondary N) is 1. The van der Waals surface area contributed by atoms with Gasteiger partial charge in [-0.05, 0) is 41.2 Å². The summed E-state index contributed by atoms with van der Waals surface area (Å²) in [5.74, 6) is -0.248. The van der Waals surface area contributed by atoms with Crippen molar-refractivity contribution in [3.05, 3.63) is 63.9 Å². The number of benzene rings is 2. The van der Waals surface area contributed by atoms with Gasteiger partial charge in [-0.15, -0.1) is 0 Å². The third-order valence-corrected chi connectivity index (χ3v) is 4.10. The fraction of sp³-hybridized carbons (Fsp3) is 0.316. The number of para-hydroxylation sites is 1. The summed E-state index contributed by atoms with van der Waals surface area (Å²) in [5, 5.41) is 3.08. The van der Waals surface area contributed by atoms with Gasteiger partial charge in [0.25, 0.3) is 5.91 Å². The van der Waals surface area contributed by atoms with E-state index >= 15 is 0 Å². The lowest BCUT2D eigenvalue weighted by atomic mass is 9.92. The van der Waals surface area contributed by atoms with Gasteiger partial charge in [0.15, 0.2) is 0 Å². The quantitative estimate of drug-likeness (QED) is 0.732. The van der Waals surface area contributed by atoms with Crippen molar-refractivity contribution in [1.29, 1.82) is 0 Å². The highest BCUT2D eigenvalue weighted by molar-refractivity contribution is 6.34. The largest absolute Gasteiger partial charge is 0.321 e. The van der Waals surface area contributed by atoms with E-state index in [1.165, 1.54) is 12.1 Å². The number of carbonyl (C=O) groups is 1. The minimum absolute atomic E-state index is 0.107. The smallest absolute Gasteiger partial charge is 0.257 e. The Balaban J connectivity index is 2.44. The molecule has 0 heterocycles. The van der Waals surface area contributed by atoms with Gasteiger partial charge in [0.05, 0.1) is 10.6 Å². The molecule has 0 fully saturated rings. The zero-order valence-electron chi connectivity index (χ0n) is 13.8. The van der Waals surface area contributed by atoms with Crippen LogP contribution in [0.2, 0.25) is 5.02 Å². The Morgan fingerprint density at radius 2 is 1.61 bits per heavy atom. The van der Waals surface area contributed by atoms with Gasteiger partial charge in [0.1, 0.15) is 5.82 Å². The Labute approximate surface area is 141 Å². The SMILES string of the molecule is CC(C)c1cccc(C(C)C)c1NC(=O)c1ccc(F)cc1Cl. The van der Waals surface area contributed by atoms with Gasteiger partial charge in [-0.1, -0.05) is 57.5 Å². The molecule has 4 heteroatoms. The van der Waals surface area contributed by atoms with E-state index in [4.69, 9.17) is 11.6 Å². The predicted molar refractivity (Wildman–Crippen MR) is 94.0 cm³/mol. The standard InChI is InChI=1S/C19H21ClFNO/c1-11(2)14-6-5-7-15(12(3)4)18(14)22-19(23)16-9-8-13(21)10-17(16)20/h5-12H,1-4H3,(H,22,23). The number of rotatable bonds is 4. The van der Waals surface area contributed by atoms with Gasteiger partial charge < -0.3 is 5.32 Å². The summed E-state index contributed by atoms with van der Waals surface area (Å²) in [5.41, 5.74) is 3.23. The summed E-state index contributed by atoms with van der Waals surface area (Å²) >= 11 is 5.99. The summed E-state index contributed by atoms with van der Waals surface area (Å²) in [6, 6.07) is 9.81. The fourth-order valence-corrected chi connectivity index (χ4v) is 2.80. The van der Waals surface area contributed by atoms with Crippen LogP contribution in [0.3, 0.4) is 0 Å². The first kappa shape index (κ1) is 17.5. The molecule has 122 valence electrons. The molecule has 0 unspecified atom stereocenters. The number of carbonyl (C=O) groups excluding carboxylic acids is 1. The number of amides is 1. The van der Waals surface area contributed by atoms with Crippen LogP contribution in [-0.2, 0) is 0 Å². The molecule has 0 bridgehead atoms. The average Bonchev–Trinajstić information content (AvgIpc) is 2.46. The second-order valence-corrected chi connectivity index (χ2v) is 6.61. The molecule has 0 aromatic heterocycles. The second-order valence-electron chi connectivity index (χ2n) is 6.20. The third kappa shape index (κ3) is 3.91. The van der Waals surface area contributed by atoms with Crippen LogP contribution in [0.4, 0.5) is 10.1 Å². The van der Waals surface area contributed by atoms with Crippen molar-refractivity contribution in [3.63, 3.8) is 0 Å². The van der Waals surface area contributed by atoms with Crippen LogP contribution in [-0.4, -0.2) is 5.91 Å². The van der Waals surface area contributed by atoms with Gasteiger partial charge >= 0.3 is 0 Å². The molecule has 1 amide bonds. The predicted octanol–water partition coefficient (Wildman–Crippen LogP) is 5.98. The number of anilines is 1. The monoisotopic (exact) mass is 333 g/mol. The van der Waals surface area contributed by atoms with E-state index in [1.54, 1.807) is 0 Å². The molecule has 0 radical (unpaired) electrons. The zero-order chi connectivity index (χ0) is 17.1. The van der Waals surface area contributed by atoms with E-state index in [-0.39, 0.29) is 28.3 Å². The molecule has 0 saturated heterocycles. The normalized spacial score (nSPS) is 11.1. The minimum Gasteiger partial charge on any atom is -0.321 e. The van der Waals surface area contributed by atoms with Gasteiger partial charge in [-0.3, -0.25) is 4.79 Å². The van der Waals surface area contributed by atoms with Crippen LogP contribution in [0, 0.1) is 5.82 Å². The number of hydrogen-bond acceptors (Lipinski definition) is 1. The maximum atomic E-state index is 13.2. The first-order valence-electron chi connectivity index (χ1n) is 7.70. The fourth-order valence-electron chi connectivity index (χ4n) is 2.55. The molecular weight excluding hydrogens is 313 g/mol. The van der Waals surface area contributed by atoms with E-state index in [2.05, 4.69) is 33.0 Å². The maximum absolute atomic E-state index is 13.2. The Kier molecular flexibility index (Phi) is 5.42. The highest BCUT2D eigenvalue weighted by Crippen LogP contribution is 2.33. The summed E-state index contributed by atoms with van der Waals surface area (Å²) in [6.45, 7) is 8.33. The van der Waals surface area contributed by atoms with Crippen molar-refractivity contribution in [1.82, 2.24) is 0 Å². The Hall–Kier alpha value is -1.87. The van der Waals surface area contributed by atoms with E-state index in [9.17, 15) is 9.18 Å². The van der Waals surface area contributed by atoms with Crippen molar-refractivity contribution >= 4 is 23.2 Å². The van der Waals surface area contributed by atoms with Crippen LogP contribution in [0.5, 0.6) is 0 Å². The van der Waals surface area contributed by atoms with Crippen molar-refractivity contribution < 1.29 is 9.18 Å². The highest BCUT2D eigenvalue weighted by Gasteiger charge is 2.18. The first-order chi connectivity index (χ1) is 10.8. The molecule has 0 aliphatic heterocycles. The Morgan fingerprint density at radius 1 is 1.04 bits per heavy atom. The summed E-state index contributed by atoms with van der Waals surface area (Å²) in [7, 11) is 0. The van der Waals surface area contributed by atoms with Crippen molar-refractivity contribution in [2.45, 2.75) is 39.5 Å². The number of hydrogen-bond donors (Lipinski definition) is 1. The lowest BCUT2D eigenvalue weighted by Gasteiger charge is -2.20. The Bertz CT molecular complexity index is 699. The molecule has 1 N–H and O–H groups in total. The van der Waals surface area contributed by atoms with Gasteiger partial charge in [0.2, 0.25) is 0 Å². The molecule has 0 aliphatic carbocycles. The average molecular weight is 334 g/mol. The van der Waals surface area contributed by atoms with Crippen LogP contribution in [0.15, 0.2) is 36.4 Å². The third-order valence-electron chi connectivity index (χ3n) is 3.79. The van der Waals surface area contributed by atoms with Crippen molar-refractivity contribution in [2.24, 2.45) is 0 Å². The van der Waals surface area contributed by atoms with E-state index < -0.39 is 5.82 Å². The number of halogens is 2. The molecular formula is C19H21ClFNO. The molecule has 2 aromatic carbocycles. The molecule has 2 aromatic rings. The molecule has 0 atom stereocenters. The molecule has 2 rings (SSSR count). The summed E-state index contributed by atoms with van der Waals surface area (Å²) in [4.78, 5) is 12.6. The highest BCUT2D eigenvalue weighted by atomic mass is 35.5. The van der Waals surface area contributed by atoms with Crippen LogP contribution in [0.1, 0.15) is 61.0 Å².